The van der Waals surface area contributed by atoms with Gasteiger partial charge >= 0.3 is 0 Å². The highest BCUT2D eigenvalue weighted by Crippen LogP contribution is 2.38. The number of carbonyl (C=O) groups is 1. The summed E-state index contributed by atoms with van der Waals surface area (Å²) >= 11 is 0. The third kappa shape index (κ3) is 3.78. The lowest BCUT2D eigenvalue weighted by molar-refractivity contribution is -0.128. The summed E-state index contributed by atoms with van der Waals surface area (Å²) in [6.45, 7) is 5.75. The number of nitrogens with two attached hydrogens (primary N) is 1. The van der Waals surface area contributed by atoms with Crippen molar-refractivity contribution < 1.29 is 22.9 Å². The summed E-state index contributed by atoms with van der Waals surface area (Å²) in [5, 5.41) is 24.4. The summed E-state index contributed by atoms with van der Waals surface area (Å²) in [7, 11) is -3.08. The Morgan fingerprint density at radius 3 is 2.48 bits per heavy atom. The van der Waals surface area contributed by atoms with Crippen molar-refractivity contribution in [1.82, 2.24) is 5.01 Å². The van der Waals surface area contributed by atoms with Gasteiger partial charge in [0.1, 0.15) is 10.6 Å². The molecule has 1 heterocycles. The lowest BCUT2D eigenvalue weighted by atomic mass is 9.86. The van der Waals surface area contributed by atoms with Crippen molar-refractivity contribution in [3.05, 3.63) is 24.3 Å². The van der Waals surface area contributed by atoms with E-state index in [1.807, 2.05) is 20.8 Å². The van der Waals surface area contributed by atoms with Crippen LogP contribution in [0.5, 0.6) is 5.75 Å². The van der Waals surface area contributed by atoms with Crippen molar-refractivity contribution in [2.24, 2.45) is 20.7 Å². The van der Waals surface area contributed by atoms with Gasteiger partial charge in [0, 0.05) is 17.8 Å². The molecule has 0 fully saturated rings. The lowest BCUT2D eigenvalue weighted by Crippen LogP contribution is -2.34. The number of amides is 1. The molecule has 1 unspecified atom stereocenters. The van der Waals surface area contributed by atoms with Gasteiger partial charge in [0.2, 0.25) is 0 Å². The van der Waals surface area contributed by atoms with Gasteiger partial charge in [0.05, 0.1) is 17.1 Å². The maximum atomic E-state index is 12.3. The van der Waals surface area contributed by atoms with E-state index >= 15 is 0 Å². The Morgan fingerprint density at radius 2 is 1.90 bits per heavy atom. The summed E-state index contributed by atoms with van der Waals surface area (Å²) in [6.07, 6.45) is 0. The second-order valence-corrected chi connectivity index (χ2v) is 9.12. The Kier molecular flexibility index (Phi) is 4.83. The number of azo groups is 1. The minimum absolute atomic E-state index is 0.278. The molecule has 1 aliphatic heterocycles. The minimum Gasteiger partial charge on any atom is -0.505 e. The van der Waals surface area contributed by atoms with Crippen LogP contribution in [0.4, 0.5) is 11.4 Å². The summed E-state index contributed by atoms with van der Waals surface area (Å²) in [5.74, 6) is -0.771. The molecular weight excluding hydrogens is 398 g/mol. The highest BCUT2D eigenvalue weighted by Gasteiger charge is 2.40. The molecule has 0 radical (unpaired) electrons. The van der Waals surface area contributed by atoms with Crippen molar-refractivity contribution in [2.45, 2.75) is 31.7 Å². The highest BCUT2D eigenvalue weighted by molar-refractivity contribution is 7.86. The van der Waals surface area contributed by atoms with Gasteiger partial charge in [0.25, 0.3) is 16.0 Å². The summed E-state index contributed by atoms with van der Waals surface area (Å²) in [4.78, 5) is 11.7. The van der Waals surface area contributed by atoms with Crippen LogP contribution in [0.3, 0.4) is 0 Å². The fourth-order valence-electron chi connectivity index (χ4n) is 2.99. The van der Waals surface area contributed by atoms with E-state index in [2.05, 4.69) is 15.3 Å². The summed E-state index contributed by atoms with van der Waals surface area (Å²) in [6, 6.07) is 4.77. The van der Waals surface area contributed by atoms with Gasteiger partial charge in [-0.05, 0) is 29.7 Å². The van der Waals surface area contributed by atoms with Crippen molar-refractivity contribution >= 4 is 43.9 Å². The molecule has 0 saturated carbocycles. The van der Waals surface area contributed by atoms with Crippen molar-refractivity contribution in [3.8, 4) is 5.75 Å². The maximum Gasteiger partial charge on any atom is 0.296 e. The predicted molar refractivity (Wildman–Crippen MR) is 108 cm³/mol. The van der Waals surface area contributed by atoms with Gasteiger partial charge in [-0.15, -0.1) is 0 Å². The van der Waals surface area contributed by atoms with Gasteiger partial charge in [-0.25, -0.2) is 5.01 Å². The van der Waals surface area contributed by atoms with Crippen LogP contribution < -0.4 is 5.73 Å². The molecule has 11 heteroatoms. The predicted octanol–water partition coefficient (Wildman–Crippen LogP) is 2.70. The highest BCUT2D eigenvalue weighted by atomic mass is 32.2. The molecule has 0 aliphatic carbocycles. The van der Waals surface area contributed by atoms with Gasteiger partial charge in [-0.3, -0.25) is 9.35 Å². The number of anilines is 1. The van der Waals surface area contributed by atoms with E-state index in [4.69, 9.17) is 5.73 Å². The first-order chi connectivity index (χ1) is 13.3. The smallest absolute Gasteiger partial charge is 0.296 e. The molecule has 0 bridgehead atoms. The first-order valence-electron chi connectivity index (χ1n) is 8.61. The van der Waals surface area contributed by atoms with Crippen molar-refractivity contribution in [1.29, 1.82) is 0 Å². The number of nitrogen functional groups attached to an aromatic ring is 1. The fourth-order valence-corrected chi connectivity index (χ4v) is 3.64. The first-order valence-corrected chi connectivity index (χ1v) is 10.0. The molecular formula is C18H21N5O5S. The number of hydrogen-bond acceptors (Lipinski definition) is 8. The van der Waals surface area contributed by atoms with Crippen molar-refractivity contribution in [3.63, 3.8) is 0 Å². The standard InChI is InChI=1S/C18H21N5O5S/c1-18(2,3)16-14(17(25)23(4)22-16)21-20-10-5-6-11-9(7-10)8-12(29(26,27)28)13(19)15(11)24/h5-8,14,24H,19H2,1-4H3,(H,26,27,28). The Labute approximate surface area is 167 Å². The van der Waals surface area contributed by atoms with Crippen LogP contribution in [0.15, 0.2) is 44.5 Å². The van der Waals surface area contributed by atoms with E-state index in [9.17, 15) is 22.9 Å². The van der Waals surface area contributed by atoms with E-state index in [0.717, 1.165) is 6.07 Å². The average molecular weight is 419 g/mol. The Morgan fingerprint density at radius 1 is 1.24 bits per heavy atom. The fraction of sp³-hybridized carbons (Fsp3) is 0.333. The Hall–Kier alpha value is -3.05. The lowest BCUT2D eigenvalue weighted by Gasteiger charge is -2.19. The molecule has 1 aliphatic rings. The van der Waals surface area contributed by atoms with E-state index in [-0.39, 0.29) is 22.1 Å². The van der Waals surface area contributed by atoms with Crippen LogP contribution >= 0.6 is 0 Å². The monoisotopic (exact) mass is 419 g/mol. The second-order valence-electron chi connectivity index (χ2n) is 7.73. The van der Waals surface area contributed by atoms with Crippen LogP contribution in [0.1, 0.15) is 20.8 Å². The van der Waals surface area contributed by atoms with E-state index in [1.165, 1.54) is 23.2 Å². The Balaban J connectivity index is 2.04. The SMILES string of the molecule is CN1N=C(C(C)(C)C)C(N=Nc2ccc3c(O)c(N)c(S(=O)(=O)O)cc3c2)C1=O. The van der Waals surface area contributed by atoms with Crippen LogP contribution in [0.25, 0.3) is 10.8 Å². The zero-order valence-electron chi connectivity index (χ0n) is 16.3. The number of rotatable bonds is 3. The van der Waals surface area contributed by atoms with Crippen LogP contribution in [0, 0.1) is 5.41 Å². The number of hydrogen-bond donors (Lipinski definition) is 3. The molecule has 154 valence electrons. The first kappa shape index (κ1) is 20.7. The molecule has 29 heavy (non-hydrogen) atoms. The van der Waals surface area contributed by atoms with E-state index in [1.54, 1.807) is 7.05 Å². The largest absolute Gasteiger partial charge is 0.505 e. The average Bonchev–Trinajstić information content (AvgIpc) is 2.90. The summed E-state index contributed by atoms with van der Waals surface area (Å²) in [5.41, 5.74) is 5.68. The van der Waals surface area contributed by atoms with E-state index in [0.29, 0.717) is 11.4 Å². The third-order valence-corrected chi connectivity index (χ3v) is 5.40. The molecule has 2 aromatic carbocycles. The zero-order chi connectivity index (χ0) is 21.7. The number of fused-ring (bicyclic) bond motifs is 1. The molecule has 10 nitrogen and oxygen atoms in total. The number of nitrogens with zero attached hydrogens (tertiary/aromatic N) is 4. The van der Waals surface area contributed by atoms with Crippen molar-refractivity contribution in [2.75, 3.05) is 12.8 Å². The molecule has 0 saturated heterocycles. The number of phenolic OH excluding ortho intramolecular Hbond substituents is 1. The molecule has 1 atom stereocenters. The molecule has 1 amide bonds. The maximum absolute atomic E-state index is 12.3. The second kappa shape index (κ2) is 6.78. The number of carbonyl (C=O) groups excluding carboxylic acids is 1. The number of hydrazone groups is 1. The zero-order valence-corrected chi connectivity index (χ0v) is 17.1. The topological polar surface area (TPSA) is 158 Å². The molecule has 4 N–H and O–H groups in total. The van der Waals surface area contributed by atoms with Gasteiger partial charge < -0.3 is 10.8 Å². The van der Waals surface area contributed by atoms with Gasteiger partial charge in [0.15, 0.2) is 6.04 Å². The van der Waals surface area contributed by atoms with E-state index < -0.39 is 32.5 Å². The van der Waals surface area contributed by atoms with Crippen LogP contribution in [-0.4, -0.2) is 47.8 Å². The molecule has 3 rings (SSSR count). The van der Waals surface area contributed by atoms with Crippen LogP contribution in [0.2, 0.25) is 0 Å². The minimum atomic E-state index is -4.63. The molecule has 0 aromatic heterocycles. The quantitative estimate of drug-likeness (QED) is 0.300. The molecule has 2 aromatic rings. The number of aromatic hydroxyl groups is 1. The number of benzene rings is 2. The van der Waals surface area contributed by atoms with Gasteiger partial charge in [-0.2, -0.15) is 23.7 Å². The Bertz CT molecular complexity index is 1180. The third-order valence-electron chi connectivity index (χ3n) is 4.50. The molecule has 0 spiro atoms. The van der Waals surface area contributed by atoms with Crippen LogP contribution in [-0.2, 0) is 14.9 Å². The van der Waals surface area contributed by atoms with Gasteiger partial charge in [-0.1, -0.05) is 20.8 Å². The number of phenols is 1. The summed E-state index contributed by atoms with van der Waals surface area (Å²) < 4.78 is 32.3. The normalized spacial score (nSPS) is 18.1. The number of likely N-dealkylation sites (N-methyl/N-ethyl adjacent to an activating group) is 1.